The summed E-state index contributed by atoms with van der Waals surface area (Å²) in [5.74, 6) is 8.05. The highest BCUT2D eigenvalue weighted by Crippen LogP contribution is 2.32. The Kier molecular flexibility index (Phi) is 7.37. The predicted octanol–water partition coefficient (Wildman–Crippen LogP) is 3.98. The Morgan fingerprint density at radius 1 is 1.35 bits per heavy atom. The lowest BCUT2D eigenvalue weighted by Crippen LogP contribution is -2.38. The van der Waals surface area contributed by atoms with Crippen molar-refractivity contribution in [3.63, 3.8) is 0 Å². The lowest BCUT2D eigenvalue weighted by molar-refractivity contribution is 0.216. The van der Waals surface area contributed by atoms with E-state index in [1.165, 1.54) is 38.5 Å². The first-order valence-electron chi connectivity index (χ1n) is 7.40. The van der Waals surface area contributed by atoms with Crippen LogP contribution < -0.4 is 5.32 Å². The molecule has 98 valence electrons. The highest BCUT2D eigenvalue weighted by Gasteiger charge is 2.25. The van der Waals surface area contributed by atoms with Crippen molar-refractivity contribution in [1.29, 1.82) is 0 Å². The summed E-state index contributed by atoms with van der Waals surface area (Å²) in [6, 6.07) is 0.707. The second-order valence-electron chi connectivity index (χ2n) is 5.56. The van der Waals surface area contributed by atoms with Crippen LogP contribution in [0.15, 0.2) is 0 Å². The van der Waals surface area contributed by atoms with Crippen LogP contribution in [-0.2, 0) is 0 Å². The molecule has 0 aromatic rings. The van der Waals surface area contributed by atoms with Crippen LogP contribution in [0.2, 0.25) is 0 Å². The van der Waals surface area contributed by atoms with Crippen molar-refractivity contribution in [2.45, 2.75) is 71.8 Å². The molecule has 0 heterocycles. The van der Waals surface area contributed by atoms with E-state index in [0.717, 1.165) is 24.8 Å². The first-order valence-corrected chi connectivity index (χ1v) is 7.40. The third kappa shape index (κ3) is 5.59. The summed E-state index contributed by atoms with van der Waals surface area (Å²) in [6.45, 7) is 7.76. The molecule has 1 aliphatic carbocycles. The number of rotatable bonds is 6. The molecular weight excluding hydrogens is 206 g/mol. The average Bonchev–Trinajstić information content (AvgIpc) is 2.33. The van der Waals surface area contributed by atoms with E-state index < -0.39 is 0 Å². The standard InChI is InChI=1S/C16H29N/c1-4-6-7-11-16(17-12-5-2)15-10-8-9-14(3)13-15/h14-17H,5,7-13H2,1-3H3. The second-order valence-corrected chi connectivity index (χ2v) is 5.56. The molecule has 17 heavy (non-hydrogen) atoms. The maximum atomic E-state index is 3.75. The third-order valence-electron chi connectivity index (χ3n) is 3.96. The van der Waals surface area contributed by atoms with Gasteiger partial charge in [0, 0.05) is 12.5 Å². The van der Waals surface area contributed by atoms with Gasteiger partial charge < -0.3 is 5.32 Å². The highest BCUT2D eigenvalue weighted by molar-refractivity contribution is 4.96. The van der Waals surface area contributed by atoms with Gasteiger partial charge in [-0.05, 0) is 51.0 Å². The molecule has 0 bridgehead atoms. The summed E-state index contributed by atoms with van der Waals surface area (Å²) in [6.07, 6.45) is 9.23. The Morgan fingerprint density at radius 2 is 2.18 bits per heavy atom. The van der Waals surface area contributed by atoms with Crippen LogP contribution >= 0.6 is 0 Å². The molecule has 1 aliphatic rings. The minimum atomic E-state index is 0.707. The Labute approximate surface area is 108 Å². The van der Waals surface area contributed by atoms with Crippen molar-refractivity contribution >= 4 is 0 Å². The van der Waals surface area contributed by atoms with Gasteiger partial charge in [0.15, 0.2) is 0 Å². The molecule has 3 atom stereocenters. The molecule has 1 N–H and O–H groups in total. The van der Waals surface area contributed by atoms with Crippen molar-refractivity contribution in [2.24, 2.45) is 11.8 Å². The van der Waals surface area contributed by atoms with E-state index in [9.17, 15) is 0 Å². The zero-order valence-corrected chi connectivity index (χ0v) is 11.9. The zero-order valence-electron chi connectivity index (χ0n) is 11.9. The van der Waals surface area contributed by atoms with Gasteiger partial charge in [-0.1, -0.05) is 26.7 Å². The molecule has 0 aromatic heterocycles. The summed E-state index contributed by atoms with van der Waals surface area (Å²) < 4.78 is 0. The minimum absolute atomic E-state index is 0.707. The van der Waals surface area contributed by atoms with E-state index in [-0.39, 0.29) is 0 Å². The minimum Gasteiger partial charge on any atom is -0.314 e. The summed E-state index contributed by atoms with van der Waals surface area (Å²) >= 11 is 0. The fourth-order valence-corrected chi connectivity index (χ4v) is 3.03. The molecule has 3 unspecified atom stereocenters. The van der Waals surface area contributed by atoms with Crippen LogP contribution in [0.5, 0.6) is 0 Å². The van der Waals surface area contributed by atoms with E-state index in [1.807, 2.05) is 6.92 Å². The largest absolute Gasteiger partial charge is 0.314 e. The Morgan fingerprint density at radius 3 is 2.82 bits per heavy atom. The van der Waals surface area contributed by atoms with Gasteiger partial charge in [0.2, 0.25) is 0 Å². The van der Waals surface area contributed by atoms with Gasteiger partial charge in [-0.15, -0.1) is 11.8 Å². The van der Waals surface area contributed by atoms with Crippen molar-refractivity contribution < 1.29 is 0 Å². The van der Waals surface area contributed by atoms with Crippen molar-refractivity contribution in [2.75, 3.05) is 6.54 Å². The third-order valence-corrected chi connectivity index (χ3v) is 3.96. The van der Waals surface area contributed by atoms with Gasteiger partial charge in [0.05, 0.1) is 0 Å². The molecular formula is C16H29N. The summed E-state index contributed by atoms with van der Waals surface area (Å²) in [5.41, 5.74) is 0. The van der Waals surface area contributed by atoms with Crippen LogP contribution in [0.25, 0.3) is 0 Å². The molecule has 1 heteroatoms. The molecule has 1 saturated carbocycles. The summed E-state index contributed by atoms with van der Waals surface area (Å²) in [7, 11) is 0. The quantitative estimate of drug-likeness (QED) is 0.687. The normalized spacial score (nSPS) is 26.1. The topological polar surface area (TPSA) is 12.0 Å². The molecule has 0 amide bonds. The van der Waals surface area contributed by atoms with Crippen LogP contribution in [-0.4, -0.2) is 12.6 Å². The maximum absolute atomic E-state index is 3.75. The Balaban J connectivity index is 2.43. The number of hydrogen-bond donors (Lipinski definition) is 1. The molecule has 0 radical (unpaired) electrons. The van der Waals surface area contributed by atoms with E-state index >= 15 is 0 Å². The van der Waals surface area contributed by atoms with E-state index in [1.54, 1.807) is 0 Å². The van der Waals surface area contributed by atoms with Gasteiger partial charge in [-0.2, -0.15) is 0 Å². The molecule has 1 nitrogen and oxygen atoms in total. The van der Waals surface area contributed by atoms with Gasteiger partial charge >= 0.3 is 0 Å². The predicted molar refractivity (Wildman–Crippen MR) is 75.9 cm³/mol. The SMILES string of the molecule is CC#CCCC(NCCC)C1CCCC(C)C1. The fraction of sp³-hybridized carbons (Fsp3) is 0.875. The van der Waals surface area contributed by atoms with Crippen molar-refractivity contribution in [3.05, 3.63) is 0 Å². The van der Waals surface area contributed by atoms with Crippen LogP contribution in [0.3, 0.4) is 0 Å². The first kappa shape index (κ1) is 14.6. The van der Waals surface area contributed by atoms with Crippen LogP contribution in [0.1, 0.15) is 65.7 Å². The van der Waals surface area contributed by atoms with Crippen molar-refractivity contribution in [1.82, 2.24) is 5.32 Å². The number of hydrogen-bond acceptors (Lipinski definition) is 1. The molecule has 0 saturated heterocycles. The fourth-order valence-electron chi connectivity index (χ4n) is 3.03. The van der Waals surface area contributed by atoms with Crippen molar-refractivity contribution in [3.8, 4) is 11.8 Å². The molecule has 1 fully saturated rings. The monoisotopic (exact) mass is 235 g/mol. The molecule has 1 rings (SSSR count). The lowest BCUT2D eigenvalue weighted by atomic mass is 9.77. The van der Waals surface area contributed by atoms with Gasteiger partial charge in [0.25, 0.3) is 0 Å². The van der Waals surface area contributed by atoms with Crippen LogP contribution in [0.4, 0.5) is 0 Å². The lowest BCUT2D eigenvalue weighted by Gasteiger charge is -2.33. The van der Waals surface area contributed by atoms with E-state index in [4.69, 9.17) is 0 Å². The van der Waals surface area contributed by atoms with Gasteiger partial charge in [0.1, 0.15) is 0 Å². The second kappa shape index (κ2) is 8.59. The highest BCUT2D eigenvalue weighted by atomic mass is 14.9. The first-order chi connectivity index (χ1) is 8.27. The smallest absolute Gasteiger partial charge is 0.0104 e. The number of nitrogens with one attached hydrogen (secondary N) is 1. The molecule has 0 aliphatic heterocycles. The zero-order chi connectivity index (χ0) is 12.5. The molecule has 0 aromatic carbocycles. The maximum Gasteiger partial charge on any atom is 0.0104 e. The Hall–Kier alpha value is -0.480. The Bertz CT molecular complexity index is 248. The van der Waals surface area contributed by atoms with E-state index in [2.05, 4.69) is 31.0 Å². The average molecular weight is 235 g/mol. The van der Waals surface area contributed by atoms with Gasteiger partial charge in [-0.25, -0.2) is 0 Å². The summed E-state index contributed by atoms with van der Waals surface area (Å²) in [5, 5.41) is 3.75. The van der Waals surface area contributed by atoms with E-state index in [0.29, 0.717) is 6.04 Å². The van der Waals surface area contributed by atoms with Crippen LogP contribution in [0, 0.1) is 23.7 Å². The summed E-state index contributed by atoms with van der Waals surface area (Å²) in [4.78, 5) is 0. The van der Waals surface area contributed by atoms with Gasteiger partial charge in [-0.3, -0.25) is 0 Å². The molecule has 0 spiro atoms.